The molecule has 2 aliphatic rings. The second-order valence-electron chi connectivity index (χ2n) is 8.54. The van der Waals surface area contributed by atoms with Crippen LogP contribution in [0.25, 0.3) is 0 Å². The molecule has 2 amide bonds. The van der Waals surface area contributed by atoms with E-state index >= 15 is 0 Å². The second kappa shape index (κ2) is 9.37. The molecule has 164 valence electrons. The zero-order valence-corrected chi connectivity index (χ0v) is 17.4. The molecule has 2 fully saturated rings. The Morgan fingerprint density at radius 2 is 1.77 bits per heavy atom. The van der Waals surface area contributed by atoms with Crippen molar-refractivity contribution < 1.29 is 23.9 Å². The Kier molecular flexibility index (Phi) is 6.39. The molecule has 1 aromatic carbocycles. The van der Waals surface area contributed by atoms with E-state index in [4.69, 9.17) is 4.42 Å². The van der Waals surface area contributed by atoms with Crippen LogP contribution in [-0.2, 0) is 16.1 Å². The van der Waals surface area contributed by atoms with Gasteiger partial charge in [0, 0.05) is 18.4 Å². The van der Waals surface area contributed by atoms with Gasteiger partial charge in [-0.25, -0.2) is 4.79 Å². The first-order chi connectivity index (χ1) is 15.0. The quantitative estimate of drug-likeness (QED) is 0.601. The monoisotopic (exact) mass is 424 g/mol. The molecule has 2 aliphatic carbocycles. The third-order valence-corrected chi connectivity index (χ3v) is 6.32. The van der Waals surface area contributed by atoms with E-state index in [0.29, 0.717) is 18.7 Å². The van der Waals surface area contributed by atoms with Crippen LogP contribution in [-0.4, -0.2) is 28.9 Å². The molecule has 0 bridgehead atoms. The largest absolute Gasteiger partial charge is 0.480 e. The maximum atomic E-state index is 12.7. The first-order valence-corrected chi connectivity index (χ1v) is 11.0. The van der Waals surface area contributed by atoms with Gasteiger partial charge in [0.15, 0.2) is 5.76 Å². The SMILES string of the molecule is O=C(NCc1ccccc1)c1ccc([C@@H]2CC2C(=O)N[C@H](C(=O)O)C2CCCCC2)o1. The lowest BCUT2D eigenvalue weighted by atomic mass is 9.84. The lowest BCUT2D eigenvalue weighted by Gasteiger charge is -2.28. The third kappa shape index (κ3) is 5.16. The lowest BCUT2D eigenvalue weighted by molar-refractivity contribution is -0.144. The highest BCUT2D eigenvalue weighted by Crippen LogP contribution is 2.48. The Bertz CT molecular complexity index is 932. The fourth-order valence-electron chi connectivity index (χ4n) is 4.45. The number of carbonyl (C=O) groups is 3. The topological polar surface area (TPSA) is 109 Å². The van der Waals surface area contributed by atoms with Gasteiger partial charge in [-0.05, 0) is 42.9 Å². The highest BCUT2D eigenvalue weighted by molar-refractivity contribution is 5.91. The molecule has 7 nitrogen and oxygen atoms in total. The van der Waals surface area contributed by atoms with E-state index in [-0.39, 0.29) is 35.3 Å². The van der Waals surface area contributed by atoms with E-state index in [1.165, 1.54) is 0 Å². The predicted molar refractivity (Wildman–Crippen MR) is 113 cm³/mol. The summed E-state index contributed by atoms with van der Waals surface area (Å²) in [5.74, 6) is -1.14. The molecule has 3 atom stereocenters. The maximum Gasteiger partial charge on any atom is 0.326 e. The van der Waals surface area contributed by atoms with Gasteiger partial charge in [-0.1, -0.05) is 49.6 Å². The van der Waals surface area contributed by atoms with E-state index in [0.717, 1.165) is 37.7 Å². The standard InChI is InChI=1S/C24H28N2O5/c27-22(26-21(24(29)30)16-9-5-2-6-10-16)18-13-17(18)19-11-12-20(31-19)23(28)25-14-15-7-3-1-4-8-15/h1,3-4,7-8,11-12,16-18,21H,2,5-6,9-10,13-14H2,(H,25,28)(H,26,27)(H,29,30)/t17-,18?,21+/m1/s1. The number of hydrogen-bond acceptors (Lipinski definition) is 4. The number of rotatable bonds is 8. The summed E-state index contributed by atoms with van der Waals surface area (Å²) in [5, 5.41) is 15.2. The number of carboxylic acids is 1. The van der Waals surface area contributed by atoms with Crippen LogP contribution in [0.4, 0.5) is 0 Å². The average molecular weight is 424 g/mol. The van der Waals surface area contributed by atoms with Gasteiger partial charge in [0.25, 0.3) is 5.91 Å². The number of benzene rings is 1. The van der Waals surface area contributed by atoms with Crippen molar-refractivity contribution in [3.05, 3.63) is 59.5 Å². The Balaban J connectivity index is 1.30. The van der Waals surface area contributed by atoms with Gasteiger partial charge in [0.05, 0.1) is 0 Å². The number of furan rings is 1. The summed E-state index contributed by atoms with van der Waals surface area (Å²) in [7, 11) is 0. The Morgan fingerprint density at radius 1 is 1.03 bits per heavy atom. The minimum Gasteiger partial charge on any atom is -0.480 e. The van der Waals surface area contributed by atoms with Crippen molar-refractivity contribution >= 4 is 17.8 Å². The molecule has 1 aromatic heterocycles. The van der Waals surface area contributed by atoms with Crippen LogP contribution in [0.3, 0.4) is 0 Å². The average Bonchev–Trinajstić information content (AvgIpc) is 3.45. The first kappa shape index (κ1) is 21.2. The van der Waals surface area contributed by atoms with Crippen molar-refractivity contribution in [3.8, 4) is 0 Å². The van der Waals surface area contributed by atoms with Crippen LogP contribution in [0.15, 0.2) is 46.9 Å². The molecule has 4 rings (SSSR count). The van der Waals surface area contributed by atoms with Gasteiger partial charge in [-0.3, -0.25) is 9.59 Å². The Morgan fingerprint density at radius 3 is 2.48 bits per heavy atom. The molecular weight excluding hydrogens is 396 g/mol. The van der Waals surface area contributed by atoms with Crippen molar-refractivity contribution in [1.82, 2.24) is 10.6 Å². The molecule has 0 aliphatic heterocycles. The number of amides is 2. The molecule has 2 saturated carbocycles. The zero-order valence-electron chi connectivity index (χ0n) is 17.4. The maximum absolute atomic E-state index is 12.7. The van der Waals surface area contributed by atoms with E-state index in [9.17, 15) is 19.5 Å². The molecule has 3 N–H and O–H groups in total. The third-order valence-electron chi connectivity index (χ3n) is 6.32. The van der Waals surface area contributed by atoms with Crippen molar-refractivity contribution in [2.24, 2.45) is 11.8 Å². The van der Waals surface area contributed by atoms with E-state index in [1.54, 1.807) is 12.1 Å². The normalized spacial score (nSPS) is 21.8. The molecule has 31 heavy (non-hydrogen) atoms. The molecule has 1 unspecified atom stereocenters. The van der Waals surface area contributed by atoms with Gasteiger partial charge < -0.3 is 20.2 Å². The van der Waals surface area contributed by atoms with Crippen molar-refractivity contribution in [1.29, 1.82) is 0 Å². The van der Waals surface area contributed by atoms with Crippen LogP contribution in [0, 0.1) is 11.8 Å². The lowest BCUT2D eigenvalue weighted by Crippen LogP contribution is -2.47. The van der Waals surface area contributed by atoms with Crippen LogP contribution in [0.5, 0.6) is 0 Å². The summed E-state index contributed by atoms with van der Waals surface area (Å²) in [4.78, 5) is 36.7. The van der Waals surface area contributed by atoms with Crippen LogP contribution >= 0.6 is 0 Å². The Labute approximate surface area is 181 Å². The van der Waals surface area contributed by atoms with Crippen LogP contribution in [0.1, 0.15) is 66.3 Å². The van der Waals surface area contributed by atoms with Crippen molar-refractivity contribution in [2.75, 3.05) is 0 Å². The predicted octanol–water partition coefficient (Wildman–Crippen LogP) is 3.46. The van der Waals surface area contributed by atoms with Crippen LogP contribution < -0.4 is 10.6 Å². The van der Waals surface area contributed by atoms with Gasteiger partial charge in [-0.15, -0.1) is 0 Å². The summed E-state index contributed by atoms with van der Waals surface area (Å²) >= 11 is 0. The molecule has 0 spiro atoms. The number of nitrogens with one attached hydrogen (secondary N) is 2. The molecule has 2 aromatic rings. The number of hydrogen-bond donors (Lipinski definition) is 3. The molecule has 7 heteroatoms. The smallest absolute Gasteiger partial charge is 0.326 e. The van der Waals surface area contributed by atoms with E-state index in [2.05, 4.69) is 10.6 Å². The number of carboxylic acid groups (broad SMARTS) is 1. The summed E-state index contributed by atoms with van der Waals surface area (Å²) in [6.45, 7) is 0.405. The highest BCUT2D eigenvalue weighted by Gasteiger charge is 2.47. The van der Waals surface area contributed by atoms with Crippen LogP contribution in [0.2, 0.25) is 0 Å². The minimum atomic E-state index is -0.965. The second-order valence-corrected chi connectivity index (χ2v) is 8.54. The first-order valence-electron chi connectivity index (χ1n) is 11.0. The zero-order chi connectivity index (χ0) is 21.8. The molecule has 0 radical (unpaired) electrons. The fourth-order valence-corrected chi connectivity index (χ4v) is 4.45. The molecular formula is C24H28N2O5. The van der Waals surface area contributed by atoms with Gasteiger partial charge in [-0.2, -0.15) is 0 Å². The van der Waals surface area contributed by atoms with Gasteiger partial charge in [0.1, 0.15) is 11.8 Å². The fraction of sp³-hybridized carbons (Fsp3) is 0.458. The summed E-state index contributed by atoms with van der Waals surface area (Å²) in [6.07, 6.45) is 5.42. The van der Waals surface area contributed by atoms with Gasteiger partial charge >= 0.3 is 5.97 Å². The number of carbonyl (C=O) groups excluding carboxylic acids is 2. The van der Waals surface area contributed by atoms with Crippen molar-refractivity contribution in [2.45, 2.75) is 57.0 Å². The summed E-state index contributed by atoms with van der Waals surface area (Å²) < 4.78 is 5.70. The molecule has 0 saturated heterocycles. The van der Waals surface area contributed by atoms with E-state index < -0.39 is 12.0 Å². The summed E-state index contributed by atoms with van der Waals surface area (Å²) in [5.41, 5.74) is 0.993. The highest BCUT2D eigenvalue weighted by atomic mass is 16.4. The molecule has 1 heterocycles. The Hall–Kier alpha value is -3.09. The minimum absolute atomic E-state index is 0.00377. The number of aliphatic carboxylic acids is 1. The van der Waals surface area contributed by atoms with Crippen molar-refractivity contribution in [3.63, 3.8) is 0 Å². The summed E-state index contributed by atoms with van der Waals surface area (Å²) in [6, 6.07) is 12.1. The van der Waals surface area contributed by atoms with Gasteiger partial charge in [0.2, 0.25) is 5.91 Å². The van der Waals surface area contributed by atoms with E-state index in [1.807, 2.05) is 30.3 Å².